The van der Waals surface area contributed by atoms with Gasteiger partial charge >= 0.3 is 0 Å². The van der Waals surface area contributed by atoms with E-state index in [1.165, 1.54) is 16.5 Å². The maximum Gasteiger partial charge on any atom is 0.118 e. The summed E-state index contributed by atoms with van der Waals surface area (Å²) in [5.74, 6) is 0.869. The monoisotopic (exact) mass is 263 g/mol. The summed E-state index contributed by atoms with van der Waals surface area (Å²) in [6.07, 6.45) is 4.08. The standard InChI is InChI=1S/C18H17NO/c1-3-17(15-8-10-16(20-2)11-9-15)19-13-12-14-6-4-5-7-18(14)19/h3-13,17H,1H2,2H3/t17-/m0/s1. The Hall–Kier alpha value is -2.48. The van der Waals surface area contributed by atoms with Crippen molar-refractivity contribution in [1.82, 2.24) is 4.57 Å². The van der Waals surface area contributed by atoms with E-state index in [9.17, 15) is 0 Å². The average Bonchev–Trinajstić information content (AvgIpc) is 2.93. The molecule has 0 unspecified atom stereocenters. The van der Waals surface area contributed by atoms with Crippen molar-refractivity contribution >= 4 is 10.9 Å². The Morgan fingerprint density at radius 1 is 1.05 bits per heavy atom. The van der Waals surface area contributed by atoms with Crippen LogP contribution in [0.5, 0.6) is 5.75 Å². The van der Waals surface area contributed by atoms with Crippen molar-refractivity contribution in [2.24, 2.45) is 0 Å². The molecule has 0 saturated carbocycles. The lowest BCUT2D eigenvalue weighted by atomic mass is 10.1. The van der Waals surface area contributed by atoms with E-state index in [1.807, 2.05) is 18.2 Å². The van der Waals surface area contributed by atoms with Crippen LogP contribution >= 0.6 is 0 Å². The van der Waals surface area contributed by atoms with Crippen molar-refractivity contribution in [3.8, 4) is 5.75 Å². The van der Waals surface area contributed by atoms with E-state index in [0.717, 1.165) is 5.75 Å². The van der Waals surface area contributed by atoms with Crippen molar-refractivity contribution in [3.05, 3.63) is 79.0 Å². The predicted octanol–water partition coefficient (Wildman–Crippen LogP) is 4.43. The number of hydrogen-bond acceptors (Lipinski definition) is 1. The number of methoxy groups -OCH3 is 1. The Kier molecular flexibility index (Phi) is 3.30. The molecule has 0 amide bonds. The van der Waals surface area contributed by atoms with Crippen LogP contribution in [0.3, 0.4) is 0 Å². The fourth-order valence-electron chi connectivity index (χ4n) is 2.56. The van der Waals surface area contributed by atoms with Gasteiger partial charge in [0.05, 0.1) is 13.2 Å². The molecule has 0 spiro atoms. The topological polar surface area (TPSA) is 14.2 Å². The van der Waals surface area contributed by atoms with Gasteiger partial charge in [-0.2, -0.15) is 0 Å². The number of aromatic nitrogens is 1. The summed E-state index contributed by atoms with van der Waals surface area (Å²) in [6, 6.07) is 18.8. The highest BCUT2D eigenvalue weighted by Crippen LogP contribution is 2.27. The minimum absolute atomic E-state index is 0.126. The first-order valence-electron chi connectivity index (χ1n) is 6.65. The molecule has 1 aromatic heterocycles. The summed E-state index contributed by atoms with van der Waals surface area (Å²) in [4.78, 5) is 0. The Balaban J connectivity index is 2.06. The van der Waals surface area contributed by atoms with Gasteiger partial charge in [-0.3, -0.25) is 0 Å². The summed E-state index contributed by atoms with van der Waals surface area (Å²) in [5.41, 5.74) is 2.41. The number of para-hydroxylation sites is 1. The molecular formula is C18H17NO. The Bertz CT molecular complexity index is 725. The van der Waals surface area contributed by atoms with E-state index >= 15 is 0 Å². The van der Waals surface area contributed by atoms with Crippen LogP contribution < -0.4 is 4.74 Å². The van der Waals surface area contributed by atoms with Gasteiger partial charge in [-0.15, -0.1) is 6.58 Å². The SMILES string of the molecule is C=C[C@@H](c1ccc(OC)cc1)n1ccc2ccccc21. The Morgan fingerprint density at radius 2 is 1.80 bits per heavy atom. The van der Waals surface area contributed by atoms with Gasteiger partial charge in [0.25, 0.3) is 0 Å². The molecule has 2 heteroatoms. The van der Waals surface area contributed by atoms with Gasteiger partial charge in [0.15, 0.2) is 0 Å². The third-order valence-electron chi connectivity index (χ3n) is 3.61. The second-order valence-electron chi connectivity index (χ2n) is 4.74. The molecule has 0 aliphatic heterocycles. The number of nitrogens with zero attached hydrogens (tertiary/aromatic N) is 1. The smallest absolute Gasteiger partial charge is 0.118 e. The minimum atomic E-state index is 0.126. The molecule has 3 rings (SSSR count). The average molecular weight is 263 g/mol. The van der Waals surface area contributed by atoms with Gasteiger partial charge in [0.1, 0.15) is 5.75 Å². The molecule has 100 valence electrons. The maximum absolute atomic E-state index is 5.21. The lowest BCUT2D eigenvalue weighted by molar-refractivity contribution is 0.414. The predicted molar refractivity (Wildman–Crippen MR) is 83.3 cm³/mol. The van der Waals surface area contributed by atoms with Gasteiger partial charge in [-0.25, -0.2) is 0 Å². The van der Waals surface area contributed by atoms with E-state index in [1.54, 1.807) is 7.11 Å². The molecule has 0 aliphatic rings. The summed E-state index contributed by atoms with van der Waals surface area (Å²) in [6.45, 7) is 3.99. The zero-order valence-electron chi connectivity index (χ0n) is 11.5. The zero-order chi connectivity index (χ0) is 13.9. The van der Waals surface area contributed by atoms with Crippen molar-refractivity contribution in [3.63, 3.8) is 0 Å². The van der Waals surface area contributed by atoms with E-state index in [0.29, 0.717) is 0 Å². The molecule has 20 heavy (non-hydrogen) atoms. The minimum Gasteiger partial charge on any atom is -0.497 e. The van der Waals surface area contributed by atoms with Crippen LogP contribution in [0, 0.1) is 0 Å². The third-order valence-corrected chi connectivity index (χ3v) is 3.61. The molecule has 3 aromatic rings. The Morgan fingerprint density at radius 3 is 2.50 bits per heavy atom. The Labute approximate surface area is 118 Å². The molecule has 0 saturated heterocycles. The molecule has 0 fully saturated rings. The number of rotatable bonds is 4. The molecule has 0 aliphatic carbocycles. The van der Waals surface area contributed by atoms with Crippen molar-refractivity contribution in [2.75, 3.05) is 7.11 Å². The number of allylic oxidation sites excluding steroid dienone is 1. The van der Waals surface area contributed by atoms with E-state index in [2.05, 4.69) is 59.8 Å². The molecule has 2 aromatic carbocycles. The van der Waals surface area contributed by atoms with E-state index < -0.39 is 0 Å². The number of fused-ring (bicyclic) bond motifs is 1. The lowest BCUT2D eigenvalue weighted by Crippen LogP contribution is -2.06. The van der Waals surface area contributed by atoms with Crippen LogP contribution in [0.4, 0.5) is 0 Å². The van der Waals surface area contributed by atoms with E-state index in [-0.39, 0.29) is 6.04 Å². The fourth-order valence-corrected chi connectivity index (χ4v) is 2.56. The van der Waals surface area contributed by atoms with Crippen LogP contribution in [0.2, 0.25) is 0 Å². The third kappa shape index (κ3) is 2.10. The van der Waals surface area contributed by atoms with Crippen LogP contribution in [-0.4, -0.2) is 11.7 Å². The van der Waals surface area contributed by atoms with Crippen LogP contribution in [0.1, 0.15) is 11.6 Å². The molecule has 1 heterocycles. The number of ether oxygens (including phenoxy) is 1. The molecule has 2 nitrogen and oxygen atoms in total. The molecular weight excluding hydrogens is 246 g/mol. The molecule has 1 atom stereocenters. The lowest BCUT2D eigenvalue weighted by Gasteiger charge is -2.17. The van der Waals surface area contributed by atoms with Crippen LogP contribution in [0.15, 0.2) is 73.4 Å². The summed E-state index contributed by atoms with van der Waals surface area (Å²) in [5, 5.41) is 1.24. The first-order valence-corrected chi connectivity index (χ1v) is 6.65. The van der Waals surface area contributed by atoms with Gasteiger partial charge in [-0.05, 0) is 35.2 Å². The number of benzene rings is 2. The highest BCUT2D eigenvalue weighted by molar-refractivity contribution is 5.80. The van der Waals surface area contributed by atoms with Crippen molar-refractivity contribution in [1.29, 1.82) is 0 Å². The van der Waals surface area contributed by atoms with Gasteiger partial charge < -0.3 is 9.30 Å². The van der Waals surface area contributed by atoms with Crippen LogP contribution in [-0.2, 0) is 0 Å². The van der Waals surface area contributed by atoms with Gasteiger partial charge in [-0.1, -0.05) is 36.4 Å². The molecule has 0 N–H and O–H groups in total. The highest BCUT2D eigenvalue weighted by atomic mass is 16.5. The quantitative estimate of drug-likeness (QED) is 0.635. The van der Waals surface area contributed by atoms with E-state index in [4.69, 9.17) is 4.74 Å². The second-order valence-corrected chi connectivity index (χ2v) is 4.74. The fraction of sp³-hybridized carbons (Fsp3) is 0.111. The first kappa shape index (κ1) is 12.5. The molecule has 0 radical (unpaired) electrons. The van der Waals surface area contributed by atoms with Crippen molar-refractivity contribution < 1.29 is 4.74 Å². The summed E-state index contributed by atoms with van der Waals surface area (Å²) in [7, 11) is 1.68. The highest BCUT2D eigenvalue weighted by Gasteiger charge is 2.11. The van der Waals surface area contributed by atoms with Crippen molar-refractivity contribution in [2.45, 2.75) is 6.04 Å². The summed E-state index contributed by atoms with van der Waals surface area (Å²) >= 11 is 0. The second kappa shape index (κ2) is 5.25. The normalized spacial score (nSPS) is 12.2. The molecule has 0 bridgehead atoms. The maximum atomic E-state index is 5.21. The summed E-state index contributed by atoms with van der Waals surface area (Å²) < 4.78 is 7.45. The van der Waals surface area contributed by atoms with Gasteiger partial charge in [0.2, 0.25) is 0 Å². The first-order chi connectivity index (χ1) is 9.83. The van der Waals surface area contributed by atoms with Gasteiger partial charge in [0, 0.05) is 11.7 Å². The number of hydrogen-bond donors (Lipinski definition) is 0. The largest absolute Gasteiger partial charge is 0.497 e. The van der Waals surface area contributed by atoms with Crippen LogP contribution in [0.25, 0.3) is 10.9 Å². The zero-order valence-corrected chi connectivity index (χ0v) is 11.5.